The van der Waals surface area contributed by atoms with Crippen LogP contribution in [-0.4, -0.2) is 27.7 Å². The summed E-state index contributed by atoms with van der Waals surface area (Å²) in [6.45, 7) is 7.77. The first kappa shape index (κ1) is 23.4. The van der Waals surface area contributed by atoms with Crippen LogP contribution in [0.4, 0.5) is 11.7 Å². The first-order chi connectivity index (χ1) is 16.4. The molecule has 0 saturated heterocycles. The van der Waals surface area contributed by atoms with Gasteiger partial charge in [-0.2, -0.15) is 0 Å². The quantitative estimate of drug-likeness (QED) is 0.316. The van der Waals surface area contributed by atoms with Gasteiger partial charge in [-0.15, -0.1) is 0 Å². The predicted molar refractivity (Wildman–Crippen MR) is 132 cm³/mol. The number of rotatable bonds is 7. The largest absolute Gasteiger partial charge is 0.462 e. The van der Waals surface area contributed by atoms with E-state index in [1.807, 2.05) is 13.8 Å². The van der Waals surface area contributed by atoms with Gasteiger partial charge < -0.3 is 14.6 Å². The monoisotopic (exact) mass is 476 g/mol. The summed E-state index contributed by atoms with van der Waals surface area (Å²) in [6.07, 6.45) is 0.613. The molecule has 0 atom stereocenters. The highest BCUT2D eigenvalue weighted by Crippen LogP contribution is 2.33. The van der Waals surface area contributed by atoms with Crippen molar-refractivity contribution in [2.24, 2.45) is 0 Å². The number of esters is 1. The number of aromatic nitrogens is 3. The normalized spacial score (nSPS) is 10.9. The zero-order chi connectivity index (χ0) is 24.2. The van der Waals surface area contributed by atoms with Crippen LogP contribution in [0.15, 0.2) is 53.1 Å². The summed E-state index contributed by atoms with van der Waals surface area (Å²) in [5.74, 6) is 0.766. The van der Waals surface area contributed by atoms with Gasteiger partial charge >= 0.3 is 5.97 Å². The Morgan fingerprint density at radius 1 is 1.03 bits per heavy atom. The molecule has 2 aromatic carbocycles. The van der Waals surface area contributed by atoms with E-state index in [1.54, 1.807) is 31.2 Å². The fourth-order valence-corrected chi connectivity index (χ4v) is 3.77. The third kappa shape index (κ3) is 5.10. The third-order valence-electron chi connectivity index (χ3n) is 5.35. The van der Waals surface area contributed by atoms with Gasteiger partial charge in [0.25, 0.3) is 0 Å². The molecule has 174 valence electrons. The Balaban J connectivity index is 1.77. The number of hydrogen-bond donors (Lipinski definition) is 1. The molecule has 7 nitrogen and oxygen atoms in total. The second-order valence-corrected chi connectivity index (χ2v) is 8.37. The maximum Gasteiger partial charge on any atom is 0.346 e. The molecule has 0 aliphatic carbocycles. The van der Waals surface area contributed by atoms with Crippen molar-refractivity contribution in [3.63, 3.8) is 0 Å². The van der Waals surface area contributed by atoms with Crippen molar-refractivity contribution < 1.29 is 14.1 Å². The van der Waals surface area contributed by atoms with E-state index < -0.39 is 5.97 Å². The Morgan fingerprint density at radius 2 is 1.74 bits per heavy atom. The number of aryl methyl sites for hydroxylation is 3. The van der Waals surface area contributed by atoms with Crippen molar-refractivity contribution in [2.45, 2.75) is 34.1 Å². The van der Waals surface area contributed by atoms with Crippen LogP contribution in [0.3, 0.4) is 0 Å². The summed E-state index contributed by atoms with van der Waals surface area (Å²) in [6, 6.07) is 15.3. The molecule has 8 heteroatoms. The maximum absolute atomic E-state index is 12.9. The highest BCUT2D eigenvalue weighted by molar-refractivity contribution is 6.30. The smallest absolute Gasteiger partial charge is 0.346 e. The summed E-state index contributed by atoms with van der Waals surface area (Å²) < 4.78 is 10.9. The van der Waals surface area contributed by atoms with Crippen LogP contribution in [0.25, 0.3) is 11.3 Å². The Bertz CT molecular complexity index is 1320. The minimum absolute atomic E-state index is 0.158. The van der Waals surface area contributed by atoms with Gasteiger partial charge in [0.2, 0.25) is 5.88 Å². The van der Waals surface area contributed by atoms with Gasteiger partial charge in [-0.3, -0.25) is 0 Å². The average molecular weight is 477 g/mol. The second-order valence-electron chi connectivity index (χ2n) is 7.93. The van der Waals surface area contributed by atoms with E-state index >= 15 is 0 Å². The number of halogens is 1. The zero-order valence-corrected chi connectivity index (χ0v) is 20.2. The maximum atomic E-state index is 12.9. The third-order valence-corrected chi connectivity index (χ3v) is 5.60. The molecule has 0 aliphatic rings. The van der Waals surface area contributed by atoms with Crippen LogP contribution >= 0.6 is 11.6 Å². The number of hydrogen-bond acceptors (Lipinski definition) is 7. The number of benzene rings is 2. The molecule has 1 N–H and O–H groups in total. The molecule has 0 aliphatic heterocycles. The first-order valence-electron chi connectivity index (χ1n) is 10.9. The minimum atomic E-state index is -0.543. The van der Waals surface area contributed by atoms with Crippen molar-refractivity contribution in [1.82, 2.24) is 15.1 Å². The van der Waals surface area contributed by atoms with Crippen LogP contribution < -0.4 is 5.32 Å². The van der Waals surface area contributed by atoms with Gasteiger partial charge in [-0.25, -0.2) is 14.8 Å². The van der Waals surface area contributed by atoms with Gasteiger partial charge in [-0.1, -0.05) is 58.7 Å². The van der Waals surface area contributed by atoms with Gasteiger partial charge in [-0.05, 0) is 45.4 Å². The highest BCUT2D eigenvalue weighted by atomic mass is 35.5. The molecule has 0 spiro atoms. The molecule has 4 rings (SSSR count). The van der Waals surface area contributed by atoms with E-state index in [4.69, 9.17) is 20.9 Å². The summed E-state index contributed by atoms with van der Waals surface area (Å²) in [5.41, 5.74) is 5.28. The molecule has 0 bridgehead atoms. The summed E-state index contributed by atoms with van der Waals surface area (Å²) in [5, 5.41) is 7.93. The van der Waals surface area contributed by atoms with Crippen molar-refractivity contribution in [3.05, 3.63) is 87.3 Å². The van der Waals surface area contributed by atoms with E-state index in [-0.39, 0.29) is 18.1 Å². The number of anilines is 2. The standard InChI is InChI=1S/C26H25ClN4O3/c1-5-33-26(32)22-23(19-10-12-20(27)13-11-19)31-34-25(22)30-24-21(16(3)28-17(4)29-24)14-18-8-6-15(2)7-9-18/h6-13H,5,14H2,1-4H3,(H,28,29,30). The number of nitrogens with one attached hydrogen (secondary N) is 1. The molecule has 0 radical (unpaired) electrons. The van der Waals surface area contributed by atoms with Gasteiger partial charge in [0.1, 0.15) is 17.3 Å². The number of ether oxygens (including phenoxy) is 1. The second kappa shape index (κ2) is 10.1. The molecule has 4 aromatic rings. The summed E-state index contributed by atoms with van der Waals surface area (Å²) in [7, 11) is 0. The molecular weight excluding hydrogens is 452 g/mol. The van der Waals surface area contributed by atoms with Crippen molar-refractivity contribution >= 4 is 29.3 Å². The lowest BCUT2D eigenvalue weighted by atomic mass is 10.0. The first-order valence-corrected chi connectivity index (χ1v) is 11.3. The molecule has 34 heavy (non-hydrogen) atoms. The van der Waals surface area contributed by atoms with Crippen molar-refractivity contribution in [3.8, 4) is 11.3 Å². The minimum Gasteiger partial charge on any atom is -0.462 e. The number of carbonyl (C=O) groups excluding carboxylic acids is 1. The van der Waals surface area contributed by atoms with Crippen LogP contribution in [-0.2, 0) is 11.2 Å². The zero-order valence-electron chi connectivity index (χ0n) is 19.5. The van der Waals surface area contributed by atoms with Crippen LogP contribution in [0.1, 0.15) is 45.5 Å². The van der Waals surface area contributed by atoms with Crippen LogP contribution in [0.5, 0.6) is 0 Å². The molecule has 0 saturated carbocycles. The van der Waals surface area contributed by atoms with E-state index in [0.29, 0.717) is 34.3 Å². The van der Waals surface area contributed by atoms with Crippen LogP contribution in [0, 0.1) is 20.8 Å². The molecule has 2 aromatic heterocycles. The van der Waals surface area contributed by atoms with Crippen LogP contribution in [0.2, 0.25) is 5.02 Å². The number of carbonyl (C=O) groups is 1. The lowest BCUT2D eigenvalue weighted by Gasteiger charge is -2.14. The van der Waals surface area contributed by atoms with Gasteiger partial charge in [0, 0.05) is 28.3 Å². The fourth-order valence-electron chi connectivity index (χ4n) is 3.64. The Morgan fingerprint density at radius 3 is 2.41 bits per heavy atom. The van der Waals surface area contributed by atoms with E-state index in [0.717, 1.165) is 16.8 Å². The van der Waals surface area contributed by atoms with Gasteiger partial charge in [0.05, 0.1) is 6.61 Å². The Kier molecular flexibility index (Phi) is 6.93. The van der Waals surface area contributed by atoms with Crippen molar-refractivity contribution in [2.75, 3.05) is 11.9 Å². The SMILES string of the molecule is CCOC(=O)c1c(-c2ccc(Cl)cc2)noc1Nc1nc(C)nc(C)c1Cc1ccc(C)cc1. The average Bonchev–Trinajstić information content (AvgIpc) is 3.21. The summed E-state index contributed by atoms with van der Waals surface area (Å²) >= 11 is 6.02. The topological polar surface area (TPSA) is 90.1 Å². The van der Waals surface area contributed by atoms with E-state index in [2.05, 4.69) is 51.6 Å². The fraction of sp³-hybridized carbons (Fsp3) is 0.231. The van der Waals surface area contributed by atoms with E-state index in [9.17, 15) is 4.79 Å². The van der Waals surface area contributed by atoms with Crippen molar-refractivity contribution in [1.29, 1.82) is 0 Å². The molecular formula is C26H25ClN4O3. The Labute approximate surface area is 203 Å². The lowest BCUT2D eigenvalue weighted by Crippen LogP contribution is -2.10. The van der Waals surface area contributed by atoms with Gasteiger partial charge in [0.15, 0.2) is 5.56 Å². The molecule has 2 heterocycles. The summed E-state index contributed by atoms with van der Waals surface area (Å²) in [4.78, 5) is 22.0. The Hall–Kier alpha value is -3.71. The highest BCUT2D eigenvalue weighted by Gasteiger charge is 2.27. The lowest BCUT2D eigenvalue weighted by molar-refractivity contribution is 0.0528. The predicted octanol–water partition coefficient (Wildman–Crippen LogP) is 6.22. The number of nitrogens with zero attached hydrogens (tertiary/aromatic N) is 3. The molecule has 0 unspecified atom stereocenters. The molecule has 0 fully saturated rings. The van der Waals surface area contributed by atoms with E-state index in [1.165, 1.54) is 5.56 Å². The molecule has 0 amide bonds.